The van der Waals surface area contributed by atoms with Crippen LogP contribution in [0.3, 0.4) is 0 Å². The van der Waals surface area contributed by atoms with E-state index >= 15 is 0 Å². The number of anilines is 1. The van der Waals surface area contributed by atoms with Crippen molar-refractivity contribution in [3.8, 4) is 5.75 Å². The summed E-state index contributed by atoms with van der Waals surface area (Å²) in [5.74, 6) is 0.916. The molecule has 2 aliphatic heterocycles. The summed E-state index contributed by atoms with van der Waals surface area (Å²) < 4.78 is 5.85. The average Bonchev–Trinajstić information content (AvgIpc) is 3.02. The van der Waals surface area contributed by atoms with Gasteiger partial charge in [-0.3, -0.25) is 4.79 Å². The minimum Gasteiger partial charge on any atom is -0.493 e. The van der Waals surface area contributed by atoms with Crippen molar-refractivity contribution in [1.29, 1.82) is 0 Å². The molecule has 5 heteroatoms. The molecule has 3 N–H and O–H groups in total. The Bertz CT molecular complexity index is 790. The standard InChI is InChI=1S/C19H21N3O2/c1-11-7-8-15(12(2)9-11)20-19(23)18-14-10-24-16-6-4-3-5-13(16)17(14)21-22-18/h3-9,14,17-18,21-22H,10H2,1-2H3,(H,20,23). The SMILES string of the molecule is Cc1ccc(NC(=O)C2NNC3c4ccccc4OCC23)c(C)c1. The maximum Gasteiger partial charge on any atom is 0.243 e. The first kappa shape index (κ1) is 15.2. The third-order valence-electron chi connectivity index (χ3n) is 4.86. The molecular formula is C19H21N3O2. The maximum atomic E-state index is 12.7. The Morgan fingerprint density at radius 1 is 1.17 bits per heavy atom. The number of aryl methyl sites for hydroxylation is 2. The molecule has 5 nitrogen and oxygen atoms in total. The highest BCUT2D eigenvalue weighted by Gasteiger charge is 2.44. The van der Waals surface area contributed by atoms with Crippen molar-refractivity contribution >= 4 is 11.6 Å². The van der Waals surface area contributed by atoms with E-state index in [2.05, 4.69) is 22.2 Å². The van der Waals surface area contributed by atoms with Crippen LogP contribution >= 0.6 is 0 Å². The molecule has 0 spiro atoms. The van der Waals surface area contributed by atoms with E-state index < -0.39 is 0 Å². The molecule has 0 aliphatic carbocycles. The quantitative estimate of drug-likeness (QED) is 0.794. The topological polar surface area (TPSA) is 62.4 Å². The summed E-state index contributed by atoms with van der Waals surface area (Å²) in [6.45, 7) is 4.57. The molecule has 3 unspecified atom stereocenters. The Balaban J connectivity index is 1.53. The Kier molecular flexibility index (Phi) is 3.75. The van der Waals surface area contributed by atoms with E-state index in [9.17, 15) is 4.79 Å². The minimum absolute atomic E-state index is 0.0371. The van der Waals surface area contributed by atoms with Gasteiger partial charge in [0.2, 0.25) is 5.91 Å². The zero-order valence-corrected chi connectivity index (χ0v) is 13.8. The van der Waals surface area contributed by atoms with Crippen LogP contribution in [0.2, 0.25) is 0 Å². The van der Waals surface area contributed by atoms with Gasteiger partial charge in [0, 0.05) is 17.2 Å². The van der Waals surface area contributed by atoms with E-state index in [1.54, 1.807) is 0 Å². The van der Waals surface area contributed by atoms with E-state index in [-0.39, 0.29) is 23.9 Å². The van der Waals surface area contributed by atoms with Crippen LogP contribution in [-0.4, -0.2) is 18.6 Å². The number of hydrogen-bond donors (Lipinski definition) is 3. The molecule has 0 radical (unpaired) electrons. The van der Waals surface area contributed by atoms with E-state index in [0.717, 1.165) is 22.6 Å². The fourth-order valence-electron chi connectivity index (χ4n) is 3.57. The lowest BCUT2D eigenvalue weighted by atomic mass is 9.87. The number of amides is 1. The molecule has 0 bridgehead atoms. The smallest absolute Gasteiger partial charge is 0.243 e. The normalized spacial score (nSPS) is 24.7. The second-order valence-corrected chi connectivity index (χ2v) is 6.56. The number of para-hydroxylation sites is 1. The van der Waals surface area contributed by atoms with Crippen molar-refractivity contribution in [2.75, 3.05) is 11.9 Å². The van der Waals surface area contributed by atoms with Gasteiger partial charge in [0.1, 0.15) is 11.8 Å². The van der Waals surface area contributed by atoms with Gasteiger partial charge in [0.15, 0.2) is 0 Å². The molecule has 2 heterocycles. The first-order chi connectivity index (χ1) is 11.6. The maximum absolute atomic E-state index is 12.7. The lowest BCUT2D eigenvalue weighted by Crippen LogP contribution is -2.43. The molecule has 2 aromatic carbocycles. The predicted octanol–water partition coefficient (Wildman–Crippen LogP) is 2.47. The van der Waals surface area contributed by atoms with Crippen molar-refractivity contribution < 1.29 is 9.53 Å². The van der Waals surface area contributed by atoms with Crippen LogP contribution in [0.4, 0.5) is 5.69 Å². The second-order valence-electron chi connectivity index (χ2n) is 6.56. The van der Waals surface area contributed by atoms with Crippen molar-refractivity contribution in [3.05, 3.63) is 59.2 Å². The summed E-state index contributed by atoms with van der Waals surface area (Å²) in [6, 6.07) is 13.8. The van der Waals surface area contributed by atoms with Gasteiger partial charge < -0.3 is 10.1 Å². The van der Waals surface area contributed by atoms with E-state index in [0.29, 0.717) is 6.61 Å². The highest BCUT2D eigenvalue weighted by molar-refractivity contribution is 5.96. The van der Waals surface area contributed by atoms with Gasteiger partial charge >= 0.3 is 0 Å². The predicted molar refractivity (Wildman–Crippen MR) is 92.8 cm³/mol. The van der Waals surface area contributed by atoms with E-state index in [4.69, 9.17) is 4.74 Å². The third kappa shape index (κ3) is 2.56. The number of hydrogen-bond acceptors (Lipinski definition) is 4. The summed E-state index contributed by atoms with van der Waals surface area (Å²) in [4.78, 5) is 12.7. The Morgan fingerprint density at radius 2 is 2.00 bits per heavy atom. The minimum atomic E-state index is -0.330. The fourth-order valence-corrected chi connectivity index (χ4v) is 3.57. The van der Waals surface area contributed by atoms with Crippen molar-refractivity contribution in [2.45, 2.75) is 25.9 Å². The zero-order chi connectivity index (χ0) is 16.7. The molecule has 124 valence electrons. The second kappa shape index (κ2) is 5.92. The van der Waals surface area contributed by atoms with Crippen LogP contribution in [0.5, 0.6) is 5.75 Å². The molecule has 2 aromatic rings. The molecule has 1 fully saturated rings. The summed E-state index contributed by atoms with van der Waals surface area (Å²) >= 11 is 0. The third-order valence-corrected chi connectivity index (χ3v) is 4.86. The van der Waals surface area contributed by atoms with Crippen molar-refractivity contribution in [1.82, 2.24) is 10.9 Å². The van der Waals surface area contributed by atoms with Gasteiger partial charge in [-0.05, 0) is 31.5 Å². The molecule has 0 aromatic heterocycles. The van der Waals surface area contributed by atoms with Crippen LogP contribution in [0.1, 0.15) is 22.7 Å². The van der Waals surface area contributed by atoms with Gasteiger partial charge in [0.05, 0.1) is 12.6 Å². The van der Waals surface area contributed by atoms with Gasteiger partial charge in [-0.2, -0.15) is 0 Å². The van der Waals surface area contributed by atoms with Crippen molar-refractivity contribution in [2.24, 2.45) is 5.92 Å². The van der Waals surface area contributed by atoms with Crippen LogP contribution in [0, 0.1) is 19.8 Å². The Labute approximate surface area is 141 Å². The average molecular weight is 323 g/mol. The molecule has 0 saturated carbocycles. The first-order valence-electron chi connectivity index (χ1n) is 8.24. The van der Waals surface area contributed by atoms with Crippen LogP contribution in [0.25, 0.3) is 0 Å². The lowest BCUT2D eigenvalue weighted by Gasteiger charge is -2.29. The molecule has 24 heavy (non-hydrogen) atoms. The monoisotopic (exact) mass is 323 g/mol. The number of fused-ring (bicyclic) bond motifs is 3. The number of ether oxygens (including phenoxy) is 1. The molecular weight excluding hydrogens is 302 g/mol. The first-order valence-corrected chi connectivity index (χ1v) is 8.24. The number of carbonyl (C=O) groups is 1. The Morgan fingerprint density at radius 3 is 2.83 bits per heavy atom. The number of rotatable bonds is 2. The highest BCUT2D eigenvalue weighted by Crippen LogP contribution is 2.39. The van der Waals surface area contributed by atoms with E-state index in [1.807, 2.05) is 50.2 Å². The van der Waals surface area contributed by atoms with Crippen LogP contribution < -0.4 is 20.9 Å². The fraction of sp³-hybridized carbons (Fsp3) is 0.316. The lowest BCUT2D eigenvalue weighted by molar-refractivity contribution is -0.119. The largest absolute Gasteiger partial charge is 0.493 e. The van der Waals surface area contributed by atoms with Crippen molar-refractivity contribution in [3.63, 3.8) is 0 Å². The summed E-state index contributed by atoms with van der Waals surface area (Å²) in [6.07, 6.45) is 0. The summed E-state index contributed by atoms with van der Waals surface area (Å²) in [5.41, 5.74) is 10.6. The van der Waals surface area contributed by atoms with Gasteiger partial charge in [-0.1, -0.05) is 35.9 Å². The van der Waals surface area contributed by atoms with E-state index in [1.165, 1.54) is 5.56 Å². The number of nitrogens with one attached hydrogen (secondary N) is 3. The number of hydrazine groups is 1. The summed E-state index contributed by atoms with van der Waals surface area (Å²) in [7, 11) is 0. The molecule has 1 saturated heterocycles. The molecule has 2 aliphatic rings. The Hall–Kier alpha value is -2.37. The number of benzene rings is 2. The van der Waals surface area contributed by atoms with Gasteiger partial charge in [0.25, 0.3) is 0 Å². The van der Waals surface area contributed by atoms with Crippen LogP contribution in [0.15, 0.2) is 42.5 Å². The van der Waals surface area contributed by atoms with Gasteiger partial charge in [-0.15, -0.1) is 0 Å². The summed E-state index contributed by atoms with van der Waals surface area (Å²) in [5, 5.41) is 3.04. The molecule has 3 atom stereocenters. The number of carbonyl (C=O) groups excluding carboxylic acids is 1. The molecule has 4 rings (SSSR count). The highest BCUT2D eigenvalue weighted by atomic mass is 16.5. The van der Waals surface area contributed by atoms with Crippen LogP contribution in [-0.2, 0) is 4.79 Å². The van der Waals surface area contributed by atoms with Gasteiger partial charge in [-0.25, -0.2) is 10.9 Å². The molecule has 1 amide bonds. The zero-order valence-electron chi connectivity index (χ0n) is 13.8.